The molecule has 9 nitrogen and oxygen atoms in total. The summed E-state index contributed by atoms with van der Waals surface area (Å²) in [4.78, 5) is 22.8. The van der Waals surface area contributed by atoms with Crippen LogP contribution in [-0.4, -0.2) is 65.0 Å². The van der Waals surface area contributed by atoms with Gasteiger partial charge in [-0.1, -0.05) is 85.3 Å². The number of amides is 1. The summed E-state index contributed by atoms with van der Waals surface area (Å²) in [6, 6.07) is 21.5. The van der Waals surface area contributed by atoms with Crippen LogP contribution in [0.15, 0.2) is 115 Å². The first kappa shape index (κ1) is 41.4. The number of halogens is 1. The Balaban J connectivity index is 1.44. The van der Waals surface area contributed by atoms with Crippen molar-refractivity contribution in [2.24, 2.45) is 28.8 Å². The maximum Gasteiger partial charge on any atom is 0.239 e. The maximum absolute atomic E-state index is 14.7. The number of ether oxygens (including phenoxy) is 3. The van der Waals surface area contributed by atoms with Crippen molar-refractivity contribution in [3.8, 4) is 11.5 Å². The Bertz CT molecular complexity index is 1930. The van der Waals surface area contributed by atoms with Crippen LogP contribution in [0.3, 0.4) is 0 Å². The molecule has 1 aliphatic heterocycles. The summed E-state index contributed by atoms with van der Waals surface area (Å²) in [6.45, 7) is 9.10. The van der Waals surface area contributed by atoms with E-state index in [4.69, 9.17) is 24.2 Å². The molecular formula is C48H57FN2O7. The third-order valence-corrected chi connectivity index (χ3v) is 12.1. The van der Waals surface area contributed by atoms with Gasteiger partial charge in [0.2, 0.25) is 11.7 Å². The van der Waals surface area contributed by atoms with Gasteiger partial charge in [-0.3, -0.25) is 4.79 Å². The molecule has 2 saturated carbocycles. The number of nitrogens with zero attached hydrogens (tertiary/aromatic N) is 2. The second kappa shape index (κ2) is 19.3. The molecule has 6 unspecified atom stereocenters. The monoisotopic (exact) mass is 792 g/mol. The summed E-state index contributed by atoms with van der Waals surface area (Å²) in [5.41, 5.74) is 4.46. The molecule has 3 aromatic rings. The summed E-state index contributed by atoms with van der Waals surface area (Å²) in [5, 5.41) is 24.7. The minimum Gasteiger partial charge on any atom is -0.490 e. The number of fused-ring (bicyclic) bond motifs is 2. The van der Waals surface area contributed by atoms with Crippen LogP contribution in [-0.2, 0) is 27.5 Å². The third kappa shape index (κ3) is 9.09. The smallest absolute Gasteiger partial charge is 0.239 e. The number of hydrogen-bond acceptors (Lipinski definition) is 8. The number of carbonyl (C=O) groups excluding carboxylic acids is 1. The van der Waals surface area contributed by atoms with E-state index in [-0.39, 0.29) is 74.8 Å². The van der Waals surface area contributed by atoms with Crippen molar-refractivity contribution in [2.45, 2.75) is 88.7 Å². The molecule has 2 N–H and O–H groups in total. The fourth-order valence-electron chi connectivity index (χ4n) is 9.35. The molecule has 3 aromatic carbocycles. The molecule has 0 spiro atoms. The molecule has 0 radical (unpaired) electrons. The largest absolute Gasteiger partial charge is 0.490 e. The van der Waals surface area contributed by atoms with Gasteiger partial charge in [-0.05, 0) is 97.4 Å². The Hall–Kier alpha value is -4.77. The first-order valence-corrected chi connectivity index (χ1v) is 20.9. The van der Waals surface area contributed by atoms with Gasteiger partial charge in [-0.2, -0.15) is 0 Å². The van der Waals surface area contributed by atoms with Crippen molar-refractivity contribution in [2.75, 3.05) is 26.4 Å². The normalized spacial score (nSPS) is 25.1. The number of hydrogen-bond donors (Lipinski definition) is 2. The van der Waals surface area contributed by atoms with E-state index in [0.29, 0.717) is 30.9 Å². The van der Waals surface area contributed by atoms with E-state index < -0.39 is 17.7 Å². The molecule has 10 heteroatoms. The molecule has 6 atom stereocenters. The number of carbonyl (C=O) groups is 1. The lowest BCUT2D eigenvalue weighted by Gasteiger charge is -2.60. The highest BCUT2D eigenvalue weighted by Crippen LogP contribution is 2.62. The van der Waals surface area contributed by atoms with Crippen LogP contribution in [0.4, 0.5) is 4.39 Å². The van der Waals surface area contributed by atoms with Gasteiger partial charge in [0.1, 0.15) is 36.6 Å². The number of oxime groups is 1. The minimum absolute atomic E-state index is 0.00388. The van der Waals surface area contributed by atoms with E-state index >= 15 is 0 Å². The molecule has 58 heavy (non-hydrogen) atoms. The number of benzene rings is 3. The number of unbranched alkanes of at least 4 members (excludes halogenated alkanes) is 2. The fourth-order valence-corrected chi connectivity index (χ4v) is 9.35. The molecule has 0 bridgehead atoms. The first-order chi connectivity index (χ1) is 28.4. The number of aliphatic hydroxyl groups is 2. The standard InChI is InChI=1S/C48H57FN2O7/c1-3-26-55-38-22-23-43-41(29-38)45-39(15-9-11-25-53)36(14-8-10-24-52)28-40-42(50-57-32-34-12-6-5-7-13-34)30-44(48(58-43,46(40)45)56-27-4-2)51(47(54)35-18-19-35)31-33-16-20-37(49)21-17-33/h3-7,12-13,16-17,20-23,28-29,35-36,39,44-46,52-53H,1-2,8-11,14-15,18-19,24-27,30-32H2. The molecule has 4 aliphatic rings. The van der Waals surface area contributed by atoms with Crippen LogP contribution < -0.4 is 9.47 Å². The van der Waals surface area contributed by atoms with E-state index in [1.807, 2.05) is 47.4 Å². The lowest BCUT2D eigenvalue weighted by Crippen LogP contribution is -2.70. The molecule has 1 heterocycles. The van der Waals surface area contributed by atoms with Gasteiger partial charge in [0.15, 0.2) is 0 Å². The van der Waals surface area contributed by atoms with Crippen LogP contribution >= 0.6 is 0 Å². The average molecular weight is 793 g/mol. The van der Waals surface area contributed by atoms with Gasteiger partial charge in [0.05, 0.1) is 18.2 Å². The second-order valence-electron chi connectivity index (χ2n) is 16.0. The zero-order valence-corrected chi connectivity index (χ0v) is 33.4. The van der Waals surface area contributed by atoms with Gasteiger partial charge in [0, 0.05) is 43.6 Å². The summed E-state index contributed by atoms with van der Waals surface area (Å²) < 4.78 is 34.8. The quantitative estimate of drug-likeness (QED) is 0.0632. The van der Waals surface area contributed by atoms with E-state index in [9.17, 15) is 19.4 Å². The maximum atomic E-state index is 14.7. The van der Waals surface area contributed by atoms with Crippen molar-refractivity contribution in [1.29, 1.82) is 0 Å². The third-order valence-electron chi connectivity index (χ3n) is 12.1. The molecular weight excluding hydrogens is 736 g/mol. The first-order valence-electron chi connectivity index (χ1n) is 20.9. The SMILES string of the molecule is C=CCOc1ccc2c(c1)C1C(CCCCO)C(CCCCO)C=C3C(=NOCc4ccccc4)CC(N(Cc4ccc(F)cc4)C(=O)C4CC4)C(OCC=C)(O2)C31. The lowest BCUT2D eigenvalue weighted by molar-refractivity contribution is -0.258. The van der Waals surface area contributed by atoms with Crippen molar-refractivity contribution >= 4 is 11.6 Å². The molecule has 308 valence electrons. The number of aliphatic hydroxyl groups excluding tert-OH is 2. The highest BCUT2D eigenvalue weighted by molar-refractivity contribution is 6.03. The van der Waals surface area contributed by atoms with Crippen molar-refractivity contribution in [1.82, 2.24) is 4.90 Å². The van der Waals surface area contributed by atoms with Crippen molar-refractivity contribution < 1.29 is 38.4 Å². The second-order valence-corrected chi connectivity index (χ2v) is 16.0. The zero-order chi connectivity index (χ0) is 40.5. The average Bonchev–Trinajstić information content (AvgIpc) is 4.10. The fraction of sp³-hybridized carbons (Fsp3) is 0.458. The Morgan fingerprint density at radius 1 is 0.931 bits per heavy atom. The molecule has 3 aliphatic carbocycles. The van der Waals surface area contributed by atoms with Crippen LogP contribution in [0.5, 0.6) is 11.5 Å². The van der Waals surface area contributed by atoms with E-state index in [1.54, 1.807) is 24.3 Å². The minimum atomic E-state index is -1.38. The van der Waals surface area contributed by atoms with Gasteiger partial charge in [0.25, 0.3) is 0 Å². The Morgan fingerprint density at radius 3 is 2.38 bits per heavy atom. The van der Waals surface area contributed by atoms with Gasteiger partial charge in [-0.15, -0.1) is 6.58 Å². The van der Waals surface area contributed by atoms with Crippen LogP contribution in [0, 0.1) is 29.5 Å². The lowest BCUT2D eigenvalue weighted by atomic mass is 9.55. The highest BCUT2D eigenvalue weighted by Gasteiger charge is 2.66. The summed E-state index contributed by atoms with van der Waals surface area (Å²) in [6.07, 6.45) is 12.3. The number of allylic oxidation sites excluding steroid dienone is 1. The number of rotatable bonds is 21. The Labute approximate surface area is 341 Å². The Morgan fingerprint density at radius 2 is 1.67 bits per heavy atom. The van der Waals surface area contributed by atoms with E-state index in [0.717, 1.165) is 66.5 Å². The Kier molecular flexibility index (Phi) is 13.8. The highest BCUT2D eigenvalue weighted by atomic mass is 19.1. The van der Waals surface area contributed by atoms with Crippen LogP contribution in [0.25, 0.3) is 0 Å². The van der Waals surface area contributed by atoms with Gasteiger partial charge >= 0.3 is 0 Å². The van der Waals surface area contributed by atoms with Crippen LogP contribution in [0.1, 0.15) is 80.4 Å². The molecule has 0 aromatic heterocycles. The topological polar surface area (TPSA) is 110 Å². The van der Waals surface area contributed by atoms with Crippen molar-refractivity contribution in [3.05, 3.63) is 132 Å². The molecule has 1 amide bonds. The molecule has 7 rings (SSSR count). The van der Waals surface area contributed by atoms with Crippen LogP contribution in [0.2, 0.25) is 0 Å². The predicted octanol–water partition coefficient (Wildman–Crippen LogP) is 8.66. The molecule has 2 fully saturated rings. The van der Waals surface area contributed by atoms with Gasteiger partial charge in [-0.25, -0.2) is 4.39 Å². The van der Waals surface area contributed by atoms with E-state index in [2.05, 4.69) is 25.3 Å². The molecule has 0 saturated heterocycles. The van der Waals surface area contributed by atoms with Crippen molar-refractivity contribution in [3.63, 3.8) is 0 Å². The summed E-state index contributed by atoms with van der Waals surface area (Å²) >= 11 is 0. The van der Waals surface area contributed by atoms with E-state index in [1.165, 1.54) is 12.1 Å². The summed E-state index contributed by atoms with van der Waals surface area (Å²) in [7, 11) is 0. The predicted molar refractivity (Wildman–Crippen MR) is 222 cm³/mol. The van der Waals surface area contributed by atoms with Gasteiger partial charge < -0.3 is 34.2 Å². The zero-order valence-electron chi connectivity index (χ0n) is 33.4. The summed E-state index contributed by atoms with van der Waals surface area (Å²) in [5.74, 6) is -0.940.